The molecule has 1 rings (SSSR count). The van der Waals surface area contributed by atoms with Gasteiger partial charge in [0.1, 0.15) is 6.29 Å². The standard InChI is InChI=1S/C15H20ClNOS/c1-4-12(14(16)5-2)10-17-8-6-15(19-3)13(11-17)7-9-18/h4-5,7,9,15H,1-2,6,8,10-11H2,3H3/b13-7-,14-12-. The molecule has 1 saturated heterocycles. The van der Waals surface area contributed by atoms with Gasteiger partial charge < -0.3 is 0 Å². The van der Waals surface area contributed by atoms with Crippen LogP contribution in [0.1, 0.15) is 6.42 Å². The third-order valence-electron chi connectivity index (χ3n) is 3.22. The Morgan fingerprint density at radius 2 is 2.26 bits per heavy atom. The highest BCUT2D eigenvalue weighted by molar-refractivity contribution is 7.99. The molecule has 0 bridgehead atoms. The van der Waals surface area contributed by atoms with E-state index in [0.717, 1.165) is 37.9 Å². The third kappa shape index (κ3) is 4.68. The van der Waals surface area contributed by atoms with Crippen LogP contribution in [-0.4, -0.2) is 42.3 Å². The van der Waals surface area contributed by atoms with E-state index in [1.807, 2.05) is 0 Å². The van der Waals surface area contributed by atoms with E-state index in [-0.39, 0.29) is 0 Å². The summed E-state index contributed by atoms with van der Waals surface area (Å²) in [6, 6.07) is 0. The maximum absolute atomic E-state index is 10.7. The first-order valence-electron chi connectivity index (χ1n) is 6.19. The molecule has 0 spiro atoms. The fourth-order valence-electron chi connectivity index (χ4n) is 2.19. The number of likely N-dealkylation sites (tertiary alicyclic amines) is 1. The monoisotopic (exact) mass is 297 g/mol. The zero-order valence-electron chi connectivity index (χ0n) is 11.3. The maximum Gasteiger partial charge on any atom is 0.142 e. The topological polar surface area (TPSA) is 20.3 Å². The second-order valence-corrected chi connectivity index (χ2v) is 5.83. The first-order chi connectivity index (χ1) is 9.15. The summed E-state index contributed by atoms with van der Waals surface area (Å²) in [7, 11) is 0. The van der Waals surface area contributed by atoms with Gasteiger partial charge >= 0.3 is 0 Å². The number of nitrogens with zero attached hydrogens (tertiary/aromatic N) is 1. The van der Waals surface area contributed by atoms with Crippen LogP contribution in [0.4, 0.5) is 0 Å². The Hall–Kier alpha value is -0.770. The highest BCUT2D eigenvalue weighted by Crippen LogP contribution is 2.27. The van der Waals surface area contributed by atoms with Crippen molar-refractivity contribution < 1.29 is 4.79 Å². The lowest BCUT2D eigenvalue weighted by Gasteiger charge is -2.33. The Bertz CT molecular complexity index is 414. The van der Waals surface area contributed by atoms with Gasteiger partial charge in [-0.05, 0) is 29.9 Å². The molecule has 0 radical (unpaired) electrons. The van der Waals surface area contributed by atoms with Gasteiger partial charge in [-0.1, -0.05) is 36.9 Å². The lowest BCUT2D eigenvalue weighted by molar-refractivity contribution is -0.104. The molecule has 0 aromatic rings. The number of allylic oxidation sites excluding steroid dienone is 3. The van der Waals surface area contributed by atoms with Gasteiger partial charge in [-0.25, -0.2) is 0 Å². The molecule has 4 heteroatoms. The van der Waals surface area contributed by atoms with E-state index in [0.29, 0.717) is 10.3 Å². The van der Waals surface area contributed by atoms with Gasteiger partial charge in [0.2, 0.25) is 0 Å². The molecule has 1 aliphatic heterocycles. The van der Waals surface area contributed by atoms with Gasteiger partial charge in [0.25, 0.3) is 0 Å². The lowest BCUT2D eigenvalue weighted by atomic mass is 10.0. The average Bonchev–Trinajstić information content (AvgIpc) is 2.44. The smallest absolute Gasteiger partial charge is 0.142 e. The highest BCUT2D eigenvalue weighted by atomic mass is 35.5. The maximum atomic E-state index is 10.7. The number of hydrogen-bond acceptors (Lipinski definition) is 3. The molecular weight excluding hydrogens is 278 g/mol. The molecule has 0 saturated carbocycles. The van der Waals surface area contributed by atoms with Crippen molar-refractivity contribution in [2.24, 2.45) is 0 Å². The van der Waals surface area contributed by atoms with E-state index < -0.39 is 0 Å². The molecule has 0 aliphatic carbocycles. The molecule has 0 aromatic heterocycles. The van der Waals surface area contributed by atoms with Crippen molar-refractivity contribution in [1.82, 2.24) is 4.90 Å². The number of rotatable bonds is 6. The summed E-state index contributed by atoms with van der Waals surface area (Å²) in [6.07, 6.45) is 9.12. The van der Waals surface area contributed by atoms with E-state index in [1.54, 1.807) is 30.0 Å². The second kappa shape index (κ2) is 8.41. The van der Waals surface area contributed by atoms with Crippen LogP contribution in [0.15, 0.2) is 47.6 Å². The summed E-state index contributed by atoms with van der Waals surface area (Å²) in [5, 5.41) is 1.09. The molecule has 0 N–H and O–H groups in total. The molecule has 104 valence electrons. The molecule has 2 nitrogen and oxygen atoms in total. The van der Waals surface area contributed by atoms with E-state index in [4.69, 9.17) is 11.6 Å². The number of carbonyl (C=O) groups excluding carboxylic acids is 1. The van der Waals surface area contributed by atoms with Crippen molar-refractivity contribution in [2.45, 2.75) is 11.7 Å². The van der Waals surface area contributed by atoms with Gasteiger partial charge in [-0.2, -0.15) is 11.8 Å². The number of aldehydes is 1. The van der Waals surface area contributed by atoms with Crippen molar-refractivity contribution in [2.75, 3.05) is 25.9 Å². The molecule has 0 amide bonds. The normalized spacial score (nSPS) is 23.9. The second-order valence-electron chi connectivity index (χ2n) is 4.38. The fourth-order valence-corrected chi connectivity index (χ4v) is 3.12. The summed E-state index contributed by atoms with van der Waals surface area (Å²) < 4.78 is 0. The number of piperidine rings is 1. The van der Waals surface area contributed by atoms with Gasteiger partial charge in [-0.15, -0.1) is 0 Å². The molecule has 1 heterocycles. The van der Waals surface area contributed by atoms with Gasteiger partial charge in [0.05, 0.1) is 0 Å². The predicted molar refractivity (Wildman–Crippen MR) is 85.8 cm³/mol. The number of hydrogen-bond donors (Lipinski definition) is 0. The van der Waals surface area contributed by atoms with E-state index in [2.05, 4.69) is 24.3 Å². The summed E-state index contributed by atoms with van der Waals surface area (Å²) in [4.78, 5) is 13.0. The van der Waals surface area contributed by atoms with E-state index in [9.17, 15) is 4.79 Å². The Kier molecular flexibility index (Phi) is 7.21. The zero-order valence-corrected chi connectivity index (χ0v) is 12.8. The average molecular weight is 298 g/mol. The summed E-state index contributed by atoms with van der Waals surface area (Å²) in [6.45, 7) is 10.0. The number of thioether (sulfide) groups is 1. The molecule has 19 heavy (non-hydrogen) atoms. The van der Waals surface area contributed by atoms with E-state index in [1.165, 1.54) is 5.57 Å². The first kappa shape index (κ1) is 16.3. The third-order valence-corrected chi connectivity index (χ3v) is 4.72. The van der Waals surface area contributed by atoms with Crippen molar-refractivity contribution >= 4 is 29.6 Å². The van der Waals surface area contributed by atoms with Crippen LogP contribution in [0.3, 0.4) is 0 Å². The first-order valence-corrected chi connectivity index (χ1v) is 7.85. The molecule has 1 unspecified atom stereocenters. The quantitative estimate of drug-likeness (QED) is 0.426. The molecule has 1 atom stereocenters. The summed E-state index contributed by atoms with van der Waals surface area (Å²) in [5.74, 6) is 0. The zero-order chi connectivity index (χ0) is 14.3. The Morgan fingerprint density at radius 1 is 1.53 bits per heavy atom. The Morgan fingerprint density at radius 3 is 2.79 bits per heavy atom. The minimum Gasteiger partial charge on any atom is -0.299 e. The van der Waals surface area contributed by atoms with Crippen LogP contribution in [0.2, 0.25) is 0 Å². The molecule has 0 aromatic carbocycles. The van der Waals surface area contributed by atoms with Crippen molar-refractivity contribution in [3.63, 3.8) is 0 Å². The molecule has 1 fully saturated rings. The Labute approximate surface area is 124 Å². The largest absolute Gasteiger partial charge is 0.299 e. The van der Waals surface area contributed by atoms with Gasteiger partial charge in [0, 0.05) is 29.9 Å². The van der Waals surface area contributed by atoms with Crippen LogP contribution in [0, 0.1) is 0 Å². The van der Waals surface area contributed by atoms with Crippen molar-refractivity contribution in [3.8, 4) is 0 Å². The van der Waals surface area contributed by atoms with Crippen molar-refractivity contribution in [1.29, 1.82) is 0 Å². The number of halogens is 1. The van der Waals surface area contributed by atoms with Crippen LogP contribution in [0.5, 0.6) is 0 Å². The fraction of sp³-hybridized carbons (Fsp3) is 0.400. The van der Waals surface area contributed by atoms with Gasteiger partial charge in [0.15, 0.2) is 0 Å². The van der Waals surface area contributed by atoms with Crippen LogP contribution in [0.25, 0.3) is 0 Å². The Balaban J connectivity index is 2.77. The SMILES string of the molecule is C=C/C(Cl)=C(\C=C)CN1CCC(SC)/C(=C\C=O)C1. The van der Waals surface area contributed by atoms with Crippen LogP contribution in [-0.2, 0) is 4.79 Å². The number of carbonyl (C=O) groups is 1. The molecular formula is C15H20ClNOS. The summed E-state index contributed by atoms with van der Waals surface area (Å²) in [5.41, 5.74) is 2.16. The summed E-state index contributed by atoms with van der Waals surface area (Å²) >= 11 is 7.90. The van der Waals surface area contributed by atoms with Crippen LogP contribution >= 0.6 is 23.4 Å². The van der Waals surface area contributed by atoms with E-state index >= 15 is 0 Å². The van der Waals surface area contributed by atoms with Crippen LogP contribution < -0.4 is 0 Å². The molecule has 1 aliphatic rings. The minimum atomic E-state index is 0.451. The highest BCUT2D eigenvalue weighted by Gasteiger charge is 2.23. The predicted octanol–water partition coefficient (Wildman–Crippen LogP) is 3.41. The minimum absolute atomic E-state index is 0.451. The van der Waals surface area contributed by atoms with Crippen molar-refractivity contribution in [3.05, 3.63) is 47.6 Å². The van der Waals surface area contributed by atoms with Gasteiger partial charge in [-0.3, -0.25) is 9.69 Å². The lowest BCUT2D eigenvalue weighted by Crippen LogP contribution is -2.38.